The molecule has 0 unspecified atom stereocenters. The third-order valence-electron chi connectivity index (χ3n) is 4.45. The van der Waals surface area contributed by atoms with Crippen LogP contribution in [0.3, 0.4) is 0 Å². The molecule has 0 atom stereocenters. The highest BCUT2D eigenvalue weighted by atomic mass is 32.2. The van der Waals surface area contributed by atoms with Gasteiger partial charge in [-0.2, -0.15) is 0 Å². The molecule has 8 heteroatoms. The zero-order valence-electron chi connectivity index (χ0n) is 16.9. The Morgan fingerprint density at radius 3 is 1.97 bits per heavy atom. The van der Waals surface area contributed by atoms with Crippen LogP contribution in [0.2, 0.25) is 0 Å². The summed E-state index contributed by atoms with van der Waals surface area (Å²) in [4.78, 5) is 25.7. The van der Waals surface area contributed by atoms with E-state index < -0.39 is 16.0 Å². The SMILES string of the molecule is CCN(CC)C(=O)COC(=O)c1ccc(S(=O)(=O)N(CC)c2ccccc2)cc1. The zero-order valence-corrected chi connectivity index (χ0v) is 17.7. The number of hydrogen-bond donors (Lipinski definition) is 0. The third kappa shape index (κ3) is 5.35. The Labute approximate surface area is 171 Å². The number of carbonyl (C=O) groups excluding carboxylic acids is 2. The van der Waals surface area contributed by atoms with Gasteiger partial charge in [-0.15, -0.1) is 0 Å². The molecular weight excluding hydrogens is 392 g/mol. The number of hydrogen-bond acceptors (Lipinski definition) is 5. The predicted octanol–water partition coefficient (Wildman–Crippen LogP) is 2.93. The number of carbonyl (C=O) groups is 2. The second kappa shape index (κ2) is 10.1. The fraction of sp³-hybridized carbons (Fsp3) is 0.333. The van der Waals surface area contributed by atoms with Crippen molar-refractivity contribution in [2.75, 3.05) is 30.5 Å². The number of likely N-dealkylation sites (N-methyl/N-ethyl adjacent to an activating group) is 1. The monoisotopic (exact) mass is 418 g/mol. The van der Waals surface area contributed by atoms with Gasteiger partial charge in [-0.25, -0.2) is 13.2 Å². The van der Waals surface area contributed by atoms with E-state index in [0.717, 1.165) is 0 Å². The minimum atomic E-state index is -3.77. The number of nitrogens with zero attached hydrogens (tertiary/aromatic N) is 2. The van der Waals surface area contributed by atoms with E-state index in [1.807, 2.05) is 19.9 Å². The van der Waals surface area contributed by atoms with Gasteiger partial charge in [0, 0.05) is 19.6 Å². The lowest BCUT2D eigenvalue weighted by Crippen LogP contribution is -2.34. The van der Waals surface area contributed by atoms with Crippen LogP contribution in [0.25, 0.3) is 0 Å². The van der Waals surface area contributed by atoms with Gasteiger partial charge in [0.25, 0.3) is 15.9 Å². The number of benzene rings is 2. The first kappa shape index (κ1) is 22.4. The molecule has 2 rings (SSSR count). The molecule has 2 aromatic carbocycles. The summed E-state index contributed by atoms with van der Waals surface area (Å²) in [5, 5.41) is 0. The maximum Gasteiger partial charge on any atom is 0.338 e. The first-order chi connectivity index (χ1) is 13.8. The summed E-state index contributed by atoms with van der Waals surface area (Å²) in [6, 6.07) is 14.3. The van der Waals surface area contributed by atoms with Crippen molar-refractivity contribution in [3.63, 3.8) is 0 Å². The third-order valence-corrected chi connectivity index (χ3v) is 6.37. The van der Waals surface area contributed by atoms with Gasteiger partial charge in [0.2, 0.25) is 0 Å². The van der Waals surface area contributed by atoms with E-state index in [1.165, 1.54) is 28.6 Å². The molecule has 0 N–H and O–H groups in total. The number of ether oxygens (including phenoxy) is 1. The molecule has 0 bridgehead atoms. The van der Waals surface area contributed by atoms with E-state index in [9.17, 15) is 18.0 Å². The number of esters is 1. The van der Waals surface area contributed by atoms with Crippen molar-refractivity contribution >= 4 is 27.6 Å². The maximum atomic E-state index is 13.0. The molecule has 0 fully saturated rings. The van der Waals surface area contributed by atoms with Gasteiger partial charge in [-0.1, -0.05) is 18.2 Å². The van der Waals surface area contributed by atoms with Crippen LogP contribution >= 0.6 is 0 Å². The normalized spacial score (nSPS) is 11.0. The Morgan fingerprint density at radius 1 is 0.862 bits per heavy atom. The van der Waals surface area contributed by atoms with E-state index in [0.29, 0.717) is 18.8 Å². The van der Waals surface area contributed by atoms with Crippen molar-refractivity contribution in [3.05, 3.63) is 60.2 Å². The zero-order chi connectivity index (χ0) is 21.4. The Balaban J connectivity index is 2.12. The molecule has 0 radical (unpaired) electrons. The highest BCUT2D eigenvalue weighted by Gasteiger charge is 2.24. The van der Waals surface area contributed by atoms with Crippen LogP contribution in [0, 0.1) is 0 Å². The average Bonchev–Trinajstić information content (AvgIpc) is 2.74. The van der Waals surface area contributed by atoms with Crippen LogP contribution in [-0.2, 0) is 19.6 Å². The standard InChI is InChI=1S/C21H26N2O5S/c1-4-22(5-2)20(24)16-28-21(25)17-12-14-19(15-13-17)29(26,27)23(6-3)18-10-8-7-9-11-18/h7-15H,4-6,16H2,1-3H3. The lowest BCUT2D eigenvalue weighted by Gasteiger charge is -2.23. The van der Waals surface area contributed by atoms with Crippen molar-refractivity contribution in [2.45, 2.75) is 25.7 Å². The summed E-state index contributed by atoms with van der Waals surface area (Å²) in [6.45, 7) is 6.43. The molecule has 156 valence electrons. The van der Waals surface area contributed by atoms with E-state index in [-0.39, 0.29) is 29.5 Å². The smallest absolute Gasteiger partial charge is 0.338 e. The molecule has 0 saturated carbocycles. The molecule has 0 aliphatic rings. The number of sulfonamides is 1. The largest absolute Gasteiger partial charge is 0.452 e. The number of para-hydroxylation sites is 1. The summed E-state index contributed by atoms with van der Waals surface area (Å²) in [5.41, 5.74) is 0.743. The molecule has 0 spiro atoms. The van der Waals surface area contributed by atoms with Crippen LogP contribution in [0.4, 0.5) is 5.69 Å². The molecule has 7 nitrogen and oxygen atoms in total. The van der Waals surface area contributed by atoms with E-state index in [2.05, 4.69) is 0 Å². The summed E-state index contributed by atoms with van der Waals surface area (Å²) in [7, 11) is -3.77. The minimum absolute atomic E-state index is 0.0685. The van der Waals surface area contributed by atoms with Crippen LogP contribution in [0.5, 0.6) is 0 Å². The van der Waals surface area contributed by atoms with Crippen molar-refractivity contribution in [3.8, 4) is 0 Å². The molecule has 1 amide bonds. The molecular formula is C21H26N2O5S. The highest BCUT2D eigenvalue weighted by Crippen LogP contribution is 2.23. The van der Waals surface area contributed by atoms with Crippen molar-refractivity contribution in [2.24, 2.45) is 0 Å². The molecule has 0 heterocycles. The van der Waals surface area contributed by atoms with Crippen LogP contribution < -0.4 is 4.31 Å². The van der Waals surface area contributed by atoms with E-state index >= 15 is 0 Å². The maximum absolute atomic E-state index is 13.0. The average molecular weight is 419 g/mol. The number of anilines is 1. The molecule has 0 saturated heterocycles. The van der Waals surface area contributed by atoms with E-state index in [1.54, 1.807) is 36.1 Å². The van der Waals surface area contributed by atoms with E-state index in [4.69, 9.17) is 4.74 Å². The van der Waals surface area contributed by atoms with Crippen LogP contribution in [0.15, 0.2) is 59.5 Å². The van der Waals surface area contributed by atoms with Gasteiger partial charge in [-0.05, 0) is 57.2 Å². The number of amides is 1. The van der Waals surface area contributed by atoms with Gasteiger partial charge in [0.15, 0.2) is 6.61 Å². The molecule has 29 heavy (non-hydrogen) atoms. The Morgan fingerprint density at radius 2 is 1.45 bits per heavy atom. The molecule has 0 aliphatic heterocycles. The molecule has 0 aromatic heterocycles. The van der Waals surface area contributed by atoms with Gasteiger partial charge in [0.1, 0.15) is 0 Å². The second-order valence-electron chi connectivity index (χ2n) is 6.17. The van der Waals surface area contributed by atoms with Crippen LogP contribution in [0.1, 0.15) is 31.1 Å². The first-order valence-electron chi connectivity index (χ1n) is 9.47. The van der Waals surface area contributed by atoms with Crippen LogP contribution in [-0.4, -0.2) is 51.4 Å². The predicted molar refractivity (Wildman–Crippen MR) is 111 cm³/mol. The lowest BCUT2D eigenvalue weighted by atomic mass is 10.2. The van der Waals surface area contributed by atoms with Crippen molar-refractivity contribution < 1.29 is 22.7 Å². The Kier molecular flexibility index (Phi) is 7.78. The minimum Gasteiger partial charge on any atom is -0.452 e. The Bertz CT molecular complexity index is 923. The first-order valence-corrected chi connectivity index (χ1v) is 10.9. The highest BCUT2D eigenvalue weighted by molar-refractivity contribution is 7.92. The van der Waals surface area contributed by atoms with Gasteiger partial charge in [0.05, 0.1) is 16.1 Å². The molecule has 0 aliphatic carbocycles. The summed E-state index contributed by atoms with van der Waals surface area (Å²) < 4.78 is 32.3. The molecule has 2 aromatic rings. The van der Waals surface area contributed by atoms with Gasteiger partial charge in [-0.3, -0.25) is 9.10 Å². The lowest BCUT2D eigenvalue weighted by molar-refractivity contribution is -0.134. The topological polar surface area (TPSA) is 84.0 Å². The fourth-order valence-electron chi connectivity index (χ4n) is 2.85. The van der Waals surface area contributed by atoms with Crippen molar-refractivity contribution in [1.82, 2.24) is 4.90 Å². The number of rotatable bonds is 9. The van der Waals surface area contributed by atoms with Gasteiger partial charge >= 0.3 is 5.97 Å². The second-order valence-corrected chi connectivity index (χ2v) is 8.03. The summed E-state index contributed by atoms with van der Waals surface area (Å²) in [5.74, 6) is -0.950. The van der Waals surface area contributed by atoms with Gasteiger partial charge < -0.3 is 9.64 Å². The fourth-order valence-corrected chi connectivity index (χ4v) is 4.33. The quantitative estimate of drug-likeness (QED) is 0.585. The summed E-state index contributed by atoms with van der Waals surface area (Å²) >= 11 is 0. The van der Waals surface area contributed by atoms with Crippen molar-refractivity contribution in [1.29, 1.82) is 0 Å². The summed E-state index contributed by atoms with van der Waals surface area (Å²) in [6.07, 6.45) is 0. The Hall–Kier alpha value is -2.87.